The van der Waals surface area contributed by atoms with Crippen LogP contribution in [0.15, 0.2) is 29.1 Å². The van der Waals surface area contributed by atoms with Gasteiger partial charge in [0.1, 0.15) is 0 Å². The van der Waals surface area contributed by atoms with Gasteiger partial charge in [-0.1, -0.05) is 0 Å². The molecule has 0 N–H and O–H groups in total. The molecule has 0 spiro atoms. The van der Waals surface area contributed by atoms with Gasteiger partial charge < -0.3 is 0 Å². The van der Waals surface area contributed by atoms with E-state index in [4.69, 9.17) is 0 Å². The maximum atomic E-state index is 12.8. The third-order valence-electron chi connectivity index (χ3n) is 5.96. The van der Waals surface area contributed by atoms with Crippen LogP contribution in [0, 0.1) is 23.7 Å². The molecule has 4 saturated carbocycles. The van der Waals surface area contributed by atoms with E-state index >= 15 is 0 Å². The number of hydrogen-bond acceptors (Lipinski definition) is 1. The first-order valence-electron chi connectivity index (χ1n) is 7.90. The molecule has 0 aliphatic heterocycles. The summed E-state index contributed by atoms with van der Waals surface area (Å²) in [5.74, 6) is 3.60. The van der Waals surface area contributed by atoms with Crippen LogP contribution < -0.4 is 5.56 Å². The summed E-state index contributed by atoms with van der Waals surface area (Å²) in [5.41, 5.74) is 0.332. The summed E-state index contributed by atoms with van der Waals surface area (Å²) in [4.78, 5) is 12.8. The number of rotatable bonds is 1. The van der Waals surface area contributed by atoms with Crippen LogP contribution in [-0.2, 0) is 0 Å². The Morgan fingerprint density at radius 1 is 0.950 bits per heavy atom. The van der Waals surface area contributed by atoms with Crippen LogP contribution >= 0.6 is 0 Å². The van der Waals surface area contributed by atoms with E-state index in [2.05, 4.69) is 15.7 Å². The molecular formula is C17H19NOSe. The zero-order valence-corrected chi connectivity index (χ0v) is 13.2. The molecule has 0 saturated heterocycles. The minimum atomic E-state index is 0.230. The average molecular weight is 332 g/mol. The topological polar surface area (TPSA) is 22.0 Å². The Kier molecular flexibility index (Phi) is 2.43. The molecule has 2 nitrogen and oxygen atoms in total. The van der Waals surface area contributed by atoms with Gasteiger partial charge in [0.05, 0.1) is 0 Å². The molecule has 1 aromatic carbocycles. The van der Waals surface area contributed by atoms with E-state index in [9.17, 15) is 4.79 Å². The van der Waals surface area contributed by atoms with Gasteiger partial charge in [-0.3, -0.25) is 0 Å². The van der Waals surface area contributed by atoms with E-state index in [0.29, 0.717) is 11.6 Å². The van der Waals surface area contributed by atoms with Gasteiger partial charge in [-0.2, -0.15) is 0 Å². The molecule has 1 aromatic heterocycles. The number of aromatic nitrogens is 1. The molecule has 2 aromatic rings. The zero-order valence-electron chi connectivity index (χ0n) is 11.5. The monoisotopic (exact) mass is 333 g/mol. The van der Waals surface area contributed by atoms with Gasteiger partial charge >= 0.3 is 124 Å². The number of nitrogens with zero attached hydrogens (tertiary/aromatic N) is 1. The van der Waals surface area contributed by atoms with Crippen molar-refractivity contribution in [2.75, 3.05) is 0 Å². The van der Waals surface area contributed by atoms with Crippen LogP contribution in [0.1, 0.15) is 38.1 Å². The molecule has 4 aliphatic rings. The van der Waals surface area contributed by atoms with Crippen molar-refractivity contribution >= 4 is 24.4 Å². The van der Waals surface area contributed by atoms with Gasteiger partial charge in [-0.25, -0.2) is 0 Å². The molecule has 4 fully saturated rings. The van der Waals surface area contributed by atoms with Crippen molar-refractivity contribution in [2.45, 2.75) is 38.1 Å². The predicted molar refractivity (Wildman–Crippen MR) is 81.2 cm³/mol. The summed E-state index contributed by atoms with van der Waals surface area (Å²) < 4.78 is 3.60. The third kappa shape index (κ3) is 1.54. The van der Waals surface area contributed by atoms with Crippen LogP contribution in [0.2, 0.25) is 0 Å². The molecule has 1 heterocycles. The van der Waals surface area contributed by atoms with Crippen molar-refractivity contribution in [3.63, 3.8) is 0 Å². The second-order valence-electron chi connectivity index (χ2n) is 7.14. The molecule has 4 bridgehead atoms. The Bertz CT molecular complexity index is 700. The Balaban J connectivity index is 1.65. The van der Waals surface area contributed by atoms with Crippen molar-refractivity contribution in [2.24, 2.45) is 23.7 Å². The van der Waals surface area contributed by atoms with Gasteiger partial charge in [-0.15, -0.1) is 0 Å². The average Bonchev–Trinajstić information content (AvgIpc) is 2.76. The fourth-order valence-electron chi connectivity index (χ4n) is 5.46. The second kappa shape index (κ2) is 4.11. The molecule has 3 heteroatoms. The van der Waals surface area contributed by atoms with Crippen LogP contribution in [0.25, 0.3) is 9.65 Å². The summed E-state index contributed by atoms with van der Waals surface area (Å²) in [5, 5.41) is 0.987. The standard InChI is InChI=1S/C17H19NOSe/c19-17-14-3-1-2-4-15(14)20-18(17)16-12-6-10-5-11(8-12)9-13(16)7-10/h1-4,10-13,16H,5-9H2. The van der Waals surface area contributed by atoms with Crippen molar-refractivity contribution in [1.29, 1.82) is 0 Å². The first-order chi connectivity index (χ1) is 9.79. The fraction of sp³-hybridized carbons (Fsp3) is 0.588. The summed E-state index contributed by atoms with van der Waals surface area (Å²) in [6, 6.07) is 8.84. The molecule has 0 amide bonds. The molecule has 20 heavy (non-hydrogen) atoms. The fourth-order valence-corrected chi connectivity index (χ4v) is 8.09. The van der Waals surface area contributed by atoms with Crippen LogP contribution in [0.5, 0.6) is 0 Å². The molecule has 104 valence electrons. The summed E-state index contributed by atoms with van der Waals surface area (Å²) in [6.07, 6.45) is 7.07. The van der Waals surface area contributed by atoms with E-state index in [1.807, 2.05) is 12.1 Å². The van der Waals surface area contributed by atoms with Crippen LogP contribution in [0.4, 0.5) is 0 Å². The van der Waals surface area contributed by atoms with E-state index in [1.54, 1.807) is 0 Å². The molecule has 0 atom stereocenters. The van der Waals surface area contributed by atoms with Gasteiger partial charge in [-0.05, 0) is 0 Å². The Morgan fingerprint density at radius 3 is 2.25 bits per heavy atom. The molecule has 0 unspecified atom stereocenters. The van der Waals surface area contributed by atoms with E-state index in [-0.39, 0.29) is 14.7 Å². The van der Waals surface area contributed by atoms with Gasteiger partial charge in [0, 0.05) is 0 Å². The normalized spacial score (nSPS) is 38.7. The Morgan fingerprint density at radius 2 is 1.60 bits per heavy atom. The van der Waals surface area contributed by atoms with Gasteiger partial charge in [0.15, 0.2) is 0 Å². The van der Waals surface area contributed by atoms with Crippen molar-refractivity contribution in [3.8, 4) is 0 Å². The Labute approximate surface area is 124 Å². The summed E-state index contributed by atoms with van der Waals surface area (Å²) in [7, 11) is 0. The van der Waals surface area contributed by atoms with E-state index in [0.717, 1.165) is 29.1 Å². The van der Waals surface area contributed by atoms with Crippen LogP contribution in [0.3, 0.4) is 0 Å². The molecular weight excluding hydrogens is 313 g/mol. The number of benzene rings is 1. The molecule has 0 radical (unpaired) electrons. The third-order valence-corrected chi connectivity index (χ3v) is 8.39. The second-order valence-corrected chi connectivity index (χ2v) is 9.27. The van der Waals surface area contributed by atoms with Gasteiger partial charge in [0.2, 0.25) is 0 Å². The predicted octanol–water partition coefficient (Wildman–Crippen LogP) is 3.06. The first kappa shape index (κ1) is 11.8. The van der Waals surface area contributed by atoms with E-state index in [1.165, 1.54) is 36.4 Å². The van der Waals surface area contributed by atoms with Crippen molar-refractivity contribution in [3.05, 3.63) is 34.6 Å². The van der Waals surface area contributed by atoms with Crippen LogP contribution in [-0.4, -0.2) is 18.3 Å². The van der Waals surface area contributed by atoms with Crippen molar-refractivity contribution < 1.29 is 0 Å². The number of hydrogen-bond donors (Lipinski definition) is 0. The maximum absolute atomic E-state index is 12.8. The summed E-state index contributed by atoms with van der Waals surface area (Å²) in [6.45, 7) is 0. The summed E-state index contributed by atoms with van der Waals surface area (Å²) >= 11 is 0.230. The molecule has 6 rings (SSSR count). The van der Waals surface area contributed by atoms with Gasteiger partial charge in [0.25, 0.3) is 0 Å². The first-order valence-corrected chi connectivity index (χ1v) is 9.52. The Hall–Kier alpha value is -0.791. The zero-order chi connectivity index (χ0) is 13.3. The minimum absolute atomic E-state index is 0.230. The number of fused-ring (bicyclic) bond motifs is 1. The SMILES string of the molecule is O=c1c2ccccc2[se]n1C1C2CC3CC(C2)CC1C3. The van der Waals surface area contributed by atoms with Crippen molar-refractivity contribution in [1.82, 2.24) is 3.56 Å². The van der Waals surface area contributed by atoms with E-state index < -0.39 is 0 Å². The molecule has 4 aliphatic carbocycles. The quantitative estimate of drug-likeness (QED) is 0.736.